The topological polar surface area (TPSA) is 24.1 Å². The first-order valence-electron chi connectivity index (χ1n) is 8.38. The van der Waals surface area contributed by atoms with E-state index in [9.17, 15) is 0 Å². The van der Waals surface area contributed by atoms with E-state index in [1.54, 1.807) is 0 Å². The Labute approximate surface area is 117 Å². The third-order valence-electron chi connectivity index (χ3n) is 6.58. The smallest absolute Gasteiger partial charge is 0.0147 e. The lowest BCUT2D eigenvalue weighted by molar-refractivity contribution is 0.140. The summed E-state index contributed by atoms with van der Waals surface area (Å²) >= 11 is 0. The first-order chi connectivity index (χ1) is 9.31. The van der Waals surface area contributed by atoms with Crippen molar-refractivity contribution in [3.63, 3.8) is 0 Å². The van der Waals surface area contributed by atoms with Crippen LogP contribution in [0.15, 0.2) is 11.1 Å². The molecule has 2 bridgehead atoms. The molecule has 19 heavy (non-hydrogen) atoms. The van der Waals surface area contributed by atoms with E-state index in [1.807, 2.05) is 11.1 Å². The normalized spacial score (nSPS) is 48.3. The molecule has 0 aromatic carbocycles. The molecule has 0 radical (unpaired) electrons. The Morgan fingerprint density at radius 2 is 1.84 bits per heavy atom. The monoisotopic (exact) mass is 260 g/mol. The predicted octanol–water partition coefficient (Wildman–Crippen LogP) is 2.71. The highest BCUT2D eigenvalue weighted by atomic mass is 14.9. The molecule has 4 aliphatic carbocycles. The lowest BCUT2D eigenvalue weighted by Gasteiger charge is -2.44. The van der Waals surface area contributed by atoms with Crippen LogP contribution in [0.1, 0.15) is 44.9 Å². The zero-order valence-electron chi connectivity index (χ0n) is 12.4. The Bertz CT molecular complexity index is 400. The molecule has 0 aromatic rings. The summed E-state index contributed by atoms with van der Waals surface area (Å²) in [6, 6.07) is 1.45. The molecule has 4 rings (SSSR count). The number of hydrogen-bond acceptors (Lipinski definition) is 2. The zero-order chi connectivity index (χ0) is 13.0. The summed E-state index contributed by atoms with van der Waals surface area (Å²) in [4.78, 5) is 0. The average Bonchev–Trinajstić information content (AvgIpc) is 3.18. The molecule has 6 atom stereocenters. The van der Waals surface area contributed by atoms with E-state index in [0.29, 0.717) is 0 Å². The summed E-state index contributed by atoms with van der Waals surface area (Å²) < 4.78 is 0. The van der Waals surface area contributed by atoms with Crippen LogP contribution in [0.4, 0.5) is 0 Å². The van der Waals surface area contributed by atoms with Gasteiger partial charge in [0, 0.05) is 12.1 Å². The second-order valence-corrected chi connectivity index (χ2v) is 7.39. The van der Waals surface area contributed by atoms with Gasteiger partial charge in [-0.25, -0.2) is 0 Å². The number of allylic oxidation sites excluding steroid dienone is 1. The second kappa shape index (κ2) is 4.60. The van der Waals surface area contributed by atoms with Crippen molar-refractivity contribution >= 4 is 0 Å². The maximum atomic E-state index is 3.66. The first-order valence-corrected chi connectivity index (χ1v) is 8.38. The molecule has 4 aliphatic rings. The van der Waals surface area contributed by atoms with E-state index in [2.05, 4.69) is 24.7 Å². The maximum absolute atomic E-state index is 3.66. The van der Waals surface area contributed by atoms with Crippen molar-refractivity contribution < 1.29 is 0 Å². The predicted molar refractivity (Wildman–Crippen MR) is 79.0 cm³/mol. The Balaban J connectivity index is 1.69. The van der Waals surface area contributed by atoms with E-state index in [1.165, 1.54) is 44.9 Å². The standard InChI is InChI=1S/C17H28N2/c1-18-12-7-11-6-10-4-3-5-13(15-9-14(10)15)17(11)16(8-12)19-2/h10-12,14,16-19H,3-9H2,1-2H3. The quantitative estimate of drug-likeness (QED) is 0.746. The number of fused-ring (bicyclic) bond motifs is 2. The van der Waals surface area contributed by atoms with Gasteiger partial charge in [-0.15, -0.1) is 0 Å². The number of rotatable bonds is 2. The van der Waals surface area contributed by atoms with E-state index in [0.717, 1.165) is 35.8 Å². The van der Waals surface area contributed by atoms with Gasteiger partial charge in [0.1, 0.15) is 0 Å². The van der Waals surface area contributed by atoms with E-state index >= 15 is 0 Å². The Morgan fingerprint density at radius 1 is 0.947 bits per heavy atom. The zero-order valence-corrected chi connectivity index (χ0v) is 12.4. The van der Waals surface area contributed by atoms with Crippen molar-refractivity contribution in [2.75, 3.05) is 14.1 Å². The van der Waals surface area contributed by atoms with Gasteiger partial charge < -0.3 is 10.6 Å². The van der Waals surface area contributed by atoms with Gasteiger partial charge in [0.15, 0.2) is 0 Å². The third-order valence-corrected chi connectivity index (χ3v) is 6.58. The van der Waals surface area contributed by atoms with Crippen LogP contribution in [0.5, 0.6) is 0 Å². The Morgan fingerprint density at radius 3 is 2.63 bits per heavy atom. The van der Waals surface area contributed by atoms with Crippen LogP contribution < -0.4 is 10.6 Å². The van der Waals surface area contributed by atoms with Crippen molar-refractivity contribution in [1.29, 1.82) is 0 Å². The summed E-state index contributed by atoms with van der Waals surface area (Å²) in [5.41, 5.74) is 3.84. The molecule has 0 amide bonds. The van der Waals surface area contributed by atoms with Crippen LogP contribution in [-0.4, -0.2) is 26.2 Å². The van der Waals surface area contributed by atoms with Gasteiger partial charge in [-0.3, -0.25) is 0 Å². The molecular formula is C17H28N2. The molecule has 0 spiro atoms. The van der Waals surface area contributed by atoms with Crippen molar-refractivity contribution in [3.8, 4) is 0 Å². The minimum atomic E-state index is 0.719. The van der Waals surface area contributed by atoms with Crippen LogP contribution >= 0.6 is 0 Å². The van der Waals surface area contributed by atoms with Crippen molar-refractivity contribution in [2.45, 2.75) is 57.0 Å². The van der Waals surface area contributed by atoms with E-state index < -0.39 is 0 Å². The SMILES string of the molecule is CNC1CC2CC3CCCC(=C4CC43)C2C(NC)C1. The minimum Gasteiger partial charge on any atom is -0.317 e. The molecule has 2 fully saturated rings. The molecular weight excluding hydrogens is 232 g/mol. The number of nitrogens with one attached hydrogen (secondary N) is 2. The lowest BCUT2D eigenvalue weighted by Crippen LogP contribution is -2.50. The van der Waals surface area contributed by atoms with Gasteiger partial charge >= 0.3 is 0 Å². The summed E-state index contributed by atoms with van der Waals surface area (Å²) in [6.45, 7) is 0. The molecule has 6 unspecified atom stereocenters. The van der Waals surface area contributed by atoms with Gasteiger partial charge in [-0.2, -0.15) is 0 Å². The molecule has 2 nitrogen and oxygen atoms in total. The maximum Gasteiger partial charge on any atom is 0.0147 e. The second-order valence-electron chi connectivity index (χ2n) is 7.39. The van der Waals surface area contributed by atoms with Gasteiger partial charge in [-0.1, -0.05) is 11.1 Å². The summed E-state index contributed by atoms with van der Waals surface area (Å²) in [5, 5.41) is 7.22. The highest BCUT2D eigenvalue weighted by Gasteiger charge is 2.50. The molecule has 2 saturated carbocycles. The summed E-state index contributed by atoms with van der Waals surface area (Å²) in [5.74, 6) is 3.88. The molecule has 2 heteroatoms. The van der Waals surface area contributed by atoms with Crippen molar-refractivity contribution in [2.24, 2.45) is 23.7 Å². The molecule has 0 heterocycles. The van der Waals surface area contributed by atoms with Crippen LogP contribution in [-0.2, 0) is 0 Å². The highest BCUT2D eigenvalue weighted by molar-refractivity contribution is 5.37. The van der Waals surface area contributed by atoms with Crippen LogP contribution in [0.25, 0.3) is 0 Å². The Kier molecular flexibility index (Phi) is 3.00. The van der Waals surface area contributed by atoms with E-state index in [4.69, 9.17) is 0 Å². The van der Waals surface area contributed by atoms with Crippen LogP contribution in [0.3, 0.4) is 0 Å². The fraction of sp³-hybridized carbons (Fsp3) is 0.882. The van der Waals surface area contributed by atoms with Crippen LogP contribution in [0.2, 0.25) is 0 Å². The molecule has 106 valence electrons. The number of hydrogen-bond donors (Lipinski definition) is 2. The minimum absolute atomic E-state index is 0.719. The molecule has 2 N–H and O–H groups in total. The fourth-order valence-electron chi connectivity index (χ4n) is 5.66. The van der Waals surface area contributed by atoms with Gasteiger partial charge in [0.05, 0.1) is 0 Å². The third kappa shape index (κ3) is 1.91. The lowest BCUT2D eigenvalue weighted by atomic mass is 9.65. The van der Waals surface area contributed by atoms with Crippen molar-refractivity contribution in [1.82, 2.24) is 10.6 Å². The van der Waals surface area contributed by atoms with Gasteiger partial charge in [0.25, 0.3) is 0 Å². The highest BCUT2D eigenvalue weighted by Crippen LogP contribution is 2.59. The molecule has 0 aliphatic heterocycles. The Hall–Kier alpha value is -0.340. The molecule has 0 aromatic heterocycles. The van der Waals surface area contributed by atoms with Gasteiger partial charge in [-0.05, 0) is 82.7 Å². The summed E-state index contributed by atoms with van der Waals surface area (Å²) in [7, 11) is 4.33. The average molecular weight is 260 g/mol. The first kappa shape index (κ1) is 12.4. The van der Waals surface area contributed by atoms with Gasteiger partial charge in [0.2, 0.25) is 0 Å². The van der Waals surface area contributed by atoms with Crippen molar-refractivity contribution in [3.05, 3.63) is 11.1 Å². The fourth-order valence-corrected chi connectivity index (χ4v) is 5.66. The van der Waals surface area contributed by atoms with E-state index in [-0.39, 0.29) is 0 Å². The molecule has 0 saturated heterocycles. The summed E-state index contributed by atoms with van der Waals surface area (Å²) in [6.07, 6.45) is 10.1. The largest absolute Gasteiger partial charge is 0.317 e. The van der Waals surface area contributed by atoms with Crippen LogP contribution in [0, 0.1) is 23.7 Å².